The predicted octanol–water partition coefficient (Wildman–Crippen LogP) is 2.51. The average Bonchev–Trinajstić information content (AvgIpc) is 2.62. The molecule has 134 valence electrons. The van der Waals surface area contributed by atoms with Crippen molar-refractivity contribution in [2.75, 3.05) is 26.3 Å². The first kappa shape index (κ1) is 17.9. The van der Waals surface area contributed by atoms with Gasteiger partial charge in [-0.05, 0) is 26.0 Å². The van der Waals surface area contributed by atoms with E-state index in [1.54, 1.807) is 19.1 Å². The van der Waals surface area contributed by atoms with Crippen molar-refractivity contribution >= 4 is 28.5 Å². The molecule has 1 aliphatic heterocycles. The Balaban J connectivity index is 2.20. The number of esters is 1. The molecule has 1 aliphatic rings. The number of carbonyl (C=O) groups is 1. The Morgan fingerprint density at radius 1 is 1.44 bits per heavy atom. The summed E-state index contributed by atoms with van der Waals surface area (Å²) in [6, 6.07) is 3.51. The van der Waals surface area contributed by atoms with Crippen LogP contribution in [0.4, 0.5) is 0 Å². The van der Waals surface area contributed by atoms with Gasteiger partial charge in [-0.3, -0.25) is 4.79 Å². The number of morpholine rings is 1. The van der Waals surface area contributed by atoms with E-state index in [0.717, 1.165) is 12.1 Å². The lowest BCUT2D eigenvalue weighted by atomic mass is 10.0. The molecule has 2 aromatic rings. The maximum atomic E-state index is 12.8. The molecule has 1 fully saturated rings. The molecule has 1 unspecified atom stereocenters. The maximum Gasteiger partial charge on any atom is 0.343 e. The van der Waals surface area contributed by atoms with Crippen LogP contribution >= 0.6 is 11.6 Å². The standard InChI is InChI=1S/C18H21ClN2O4/c1-3-21-10-13(18(23)24-4-2)17(22)12-7-11(14(19)8-15(12)21)16-9-20-5-6-25-16/h7-8,10,16,20H,3-6,9H2,1-2H3. The molecule has 0 saturated carbocycles. The van der Waals surface area contributed by atoms with E-state index >= 15 is 0 Å². The van der Waals surface area contributed by atoms with E-state index in [9.17, 15) is 9.59 Å². The number of ether oxygens (including phenoxy) is 2. The Hall–Kier alpha value is -1.89. The number of rotatable bonds is 4. The minimum atomic E-state index is -0.608. The van der Waals surface area contributed by atoms with E-state index in [2.05, 4.69) is 5.32 Å². The lowest BCUT2D eigenvalue weighted by Crippen LogP contribution is -2.33. The molecule has 0 spiro atoms. The summed E-state index contributed by atoms with van der Waals surface area (Å²) in [6.45, 7) is 6.47. The molecule has 3 rings (SSSR count). The highest BCUT2D eigenvalue weighted by Crippen LogP contribution is 2.30. The van der Waals surface area contributed by atoms with E-state index in [1.807, 2.05) is 11.5 Å². The smallest absolute Gasteiger partial charge is 0.343 e. The highest BCUT2D eigenvalue weighted by molar-refractivity contribution is 6.32. The summed E-state index contributed by atoms with van der Waals surface area (Å²) in [6.07, 6.45) is 1.32. The number of hydrogen-bond acceptors (Lipinski definition) is 5. The number of aromatic nitrogens is 1. The first-order chi connectivity index (χ1) is 12.1. The number of aryl methyl sites for hydroxylation is 1. The van der Waals surface area contributed by atoms with E-state index < -0.39 is 5.97 Å². The SMILES string of the molecule is CCOC(=O)c1cn(CC)c2cc(Cl)c(C3CNCCO3)cc2c1=O. The quantitative estimate of drug-likeness (QED) is 0.844. The van der Waals surface area contributed by atoms with Crippen molar-refractivity contribution in [3.63, 3.8) is 0 Å². The van der Waals surface area contributed by atoms with Crippen LogP contribution in [0.3, 0.4) is 0 Å². The topological polar surface area (TPSA) is 69.6 Å². The van der Waals surface area contributed by atoms with Crippen LogP contribution in [0.15, 0.2) is 23.1 Å². The van der Waals surface area contributed by atoms with Crippen LogP contribution in [0.5, 0.6) is 0 Å². The van der Waals surface area contributed by atoms with Gasteiger partial charge in [0, 0.05) is 41.8 Å². The molecule has 6 nitrogen and oxygen atoms in total. The van der Waals surface area contributed by atoms with Gasteiger partial charge in [0.2, 0.25) is 5.43 Å². The number of fused-ring (bicyclic) bond motifs is 1. The molecule has 0 aliphatic carbocycles. The number of pyridine rings is 1. The zero-order valence-corrected chi connectivity index (χ0v) is 15.1. The Bertz CT molecular complexity index is 856. The molecule has 0 radical (unpaired) electrons. The van der Waals surface area contributed by atoms with E-state index in [0.29, 0.717) is 35.6 Å². The summed E-state index contributed by atoms with van der Waals surface area (Å²) < 4.78 is 12.6. The number of nitrogens with one attached hydrogen (secondary N) is 1. The van der Waals surface area contributed by atoms with Crippen LogP contribution in [0.2, 0.25) is 5.02 Å². The lowest BCUT2D eigenvalue weighted by Gasteiger charge is -2.25. The van der Waals surface area contributed by atoms with Gasteiger partial charge in [0.1, 0.15) is 5.56 Å². The second-order valence-corrected chi connectivity index (χ2v) is 6.24. The molecule has 7 heteroatoms. The molecule has 1 N–H and O–H groups in total. The third-order valence-electron chi connectivity index (χ3n) is 4.31. The van der Waals surface area contributed by atoms with Gasteiger partial charge in [-0.15, -0.1) is 0 Å². The normalized spacial score (nSPS) is 17.6. The molecule has 1 atom stereocenters. The monoisotopic (exact) mass is 364 g/mol. The fourth-order valence-corrected chi connectivity index (χ4v) is 3.34. The van der Waals surface area contributed by atoms with Crippen molar-refractivity contribution in [2.24, 2.45) is 0 Å². The summed E-state index contributed by atoms with van der Waals surface area (Å²) in [5, 5.41) is 4.24. The third kappa shape index (κ3) is 3.42. The highest BCUT2D eigenvalue weighted by Gasteiger charge is 2.22. The average molecular weight is 365 g/mol. The Morgan fingerprint density at radius 3 is 2.88 bits per heavy atom. The Kier molecular flexibility index (Phi) is 5.42. The van der Waals surface area contributed by atoms with Crippen molar-refractivity contribution in [2.45, 2.75) is 26.5 Å². The van der Waals surface area contributed by atoms with Crippen molar-refractivity contribution in [3.8, 4) is 0 Å². The number of carbonyl (C=O) groups excluding carboxylic acids is 1. The van der Waals surface area contributed by atoms with Gasteiger partial charge in [-0.2, -0.15) is 0 Å². The molecule has 1 saturated heterocycles. The fraction of sp³-hybridized carbons (Fsp3) is 0.444. The number of benzene rings is 1. The van der Waals surface area contributed by atoms with Gasteiger partial charge in [0.25, 0.3) is 0 Å². The van der Waals surface area contributed by atoms with Gasteiger partial charge in [0.05, 0.1) is 24.8 Å². The summed E-state index contributed by atoms with van der Waals surface area (Å²) >= 11 is 6.46. The fourth-order valence-electron chi connectivity index (χ4n) is 3.06. The largest absolute Gasteiger partial charge is 0.462 e. The van der Waals surface area contributed by atoms with E-state index in [1.165, 1.54) is 6.20 Å². The molecule has 0 amide bonds. The molecule has 1 aromatic heterocycles. The van der Waals surface area contributed by atoms with Crippen molar-refractivity contribution in [1.82, 2.24) is 9.88 Å². The van der Waals surface area contributed by atoms with Gasteiger partial charge >= 0.3 is 5.97 Å². The van der Waals surface area contributed by atoms with Gasteiger partial charge in [-0.1, -0.05) is 11.6 Å². The van der Waals surface area contributed by atoms with Gasteiger partial charge < -0.3 is 19.4 Å². The first-order valence-corrected chi connectivity index (χ1v) is 8.80. The summed E-state index contributed by atoms with van der Waals surface area (Å²) in [5.41, 5.74) is 1.13. The second kappa shape index (κ2) is 7.56. The minimum absolute atomic E-state index is 0.0344. The number of nitrogens with zero attached hydrogens (tertiary/aromatic N) is 1. The molecular weight excluding hydrogens is 344 g/mol. The van der Waals surface area contributed by atoms with Crippen molar-refractivity contribution in [1.29, 1.82) is 0 Å². The van der Waals surface area contributed by atoms with E-state index in [4.69, 9.17) is 21.1 Å². The molecule has 2 heterocycles. The Morgan fingerprint density at radius 2 is 2.24 bits per heavy atom. The molecule has 25 heavy (non-hydrogen) atoms. The lowest BCUT2D eigenvalue weighted by molar-refractivity contribution is 0.0278. The predicted molar refractivity (Wildman–Crippen MR) is 96.4 cm³/mol. The van der Waals surface area contributed by atoms with E-state index in [-0.39, 0.29) is 23.7 Å². The van der Waals surface area contributed by atoms with Crippen LogP contribution in [0, 0.1) is 0 Å². The summed E-state index contributed by atoms with van der Waals surface area (Å²) in [5.74, 6) is -0.608. The van der Waals surface area contributed by atoms with Crippen LogP contribution in [0.1, 0.15) is 35.9 Å². The summed E-state index contributed by atoms with van der Waals surface area (Å²) in [4.78, 5) is 25.0. The molecule has 0 bridgehead atoms. The Labute approximate surface area is 150 Å². The summed E-state index contributed by atoms with van der Waals surface area (Å²) in [7, 11) is 0. The molecular formula is C18H21ClN2O4. The third-order valence-corrected chi connectivity index (χ3v) is 4.64. The number of hydrogen-bond donors (Lipinski definition) is 1. The number of halogens is 1. The van der Waals surface area contributed by atoms with Crippen LogP contribution < -0.4 is 10.7 Å². The zero-order chi connectivity index (χ0) is 18.0. The molecule has 1 aromatic carbocycles. The van der Waals surface area contributed by atoms with Crippen molar-refractivity contribution < 1.29 is 14.3 Å². The zero-order valence-electron chi connectivity index (χ0n) is 14.3. The van der Waals surface area contributed by atoms with Crippen LogP contribution in [-0.2, 0) is 16.0 Å². The minimum Gasteiger partial charge on any atom is -0.462 e. The van der Waals surface area contributed by atoms with Gasteiger partial charge in [0.15, 0.2) is 0 Å². The van der Waals surface area contributed by atoms with Crippen LogP contribution in [0.25, 0.3) is 10.9 Å². The highest BCUT2D eigenvalue weighted by atomic mass is 35.5. The van der Waals surface area contributed by atoms with Crippen LogP contribution in [-0.4, -0.2) is 36.8 Å². The maximum absolute atomic E-state index is 12.8. The first-order valence-electron chi connectivity index (χ1n) is 8.42. The van der Waals surface area contributed by atoms with Crippen molar-refractivity contribution in [3.05, 3.63) is 44.7 Å². The van der Waals surface area contributed by atoms with Gasteiger partial charge in [-0.25, -0.2) is 4.79 Å². The second-order valence-electron chi connectivity index (χ2n) is 5.83.